The van der Waals surface area contributed by atoms with Gasteiger partial charge in [-0.1, -0.05) is 13.8 Å². The molecule has 1 N–H and O–H groups in total. The zero-order valence-corrected chi connectivity index (χ0v) is 7.44. The number of hydrogen-bond acceptors (Lipinski definition) is 2. The number of carbonyl (C=O) groups is 1. The van der Waals surface area contributed by atoms with E-state index in [4.69, 9.17) is 0 Å². The van der Waals surface area contributed by atoms with Crippen LogP contribution in [0.4, 0.5) is 0 Å². The minimum absolute atomic E-state index is 0.144. The zero-order chi connectivity index (χ0) is 8.32. The van der Waals surface area contributed by atoms with Crippen LogP contribution in [0.15, 0.2) is 0 Å². The second kappa shape index (κ2) is 3.35. The second-order valence-corrected chi connectivity index (χ2v) is 3.24. The highest BCUT2D eigenvalue weighted by Crippen LogP contribution is 2.24. The van der Waals surface area contributed by atoms with Crippen molar-refractivity contribution >= 4 is 5.78 Å². The molecule has 1 unspecified atom stereocenters. The van der Waals surface area contributed by atoms with E-state index in [-0.39, 0.29) is 5.54 Å². The molecule has 0 bridgehead atoms. The molecular weight excluding hydrogens is 138 g/mol. The van der Waals surface area contributed by atoms with Crippen molar-refractivity contribution in [1.29, 1.82) is 0 Å². The quantitative estimate of drug-likeness (QED) is 0.669. The third-order valence-corrected chi connectivity index (χ3v) is 2.70. The maximum absolute atomic E-state index is 11.5. The average molecular weight is 155 g/mol. The lowest BCUT2D eigenvalue weighted by atomic mass is 9.88. The standard InChI is InChI=1S/C9H17NO/c1-3-8(11)9(4-2)6-5-7-10-9/h10H,3-7H2,1-2H3. The first-order valence-corrected chi connectivity index (χ1v) is 4.53. The normalized spacial score (nSPS) is 30.7. The fourth-order valence-corrected chi connectivity index (χ4v) is 1.88. The molecule has 0 aromatic heterocycles. The van der Waals surface area contributed by atoms with E-state index in [1.165, 1.54) is 0 Å². The van der Waals surface area contributed by atoms with Gasteiger partial charge in [0.2, 0.25) is 0 Å². The van der Waals surface area contributed by atoms with Gasteiger partial charge in [-0.3, -0.25) is 4.79 Å². The van der Waals surface area contributed by atoms with Crippen LogP contribution in [0.2, 0.25) is 0 Å². The predicted molar refractivity (Wildman–Crippen MR) is 45.6 cm³/mol. The van der Waals surface area contributed by atoms with Crippen molar-refractivity contribution in [2.75, 3.05) is 6.54 Å². The van der Waals surface area contributed by atoms with Gasteiger partial charge in [0.05, 0.1) is 5.54 Å². The number of ketones is 1. The zero-order valence-electron chi connectivity index (χ0n) is 7.44. The summed E-state index contributed by atoms with van der Waals surface area (Å²) in [5, 5.41) is 3.32. The van der Waals surface area contributed by atoms with E-state index in [0.29, 0.717) is 12.2 Å². The van der Waals surface area contributed by atoms with Gasteiger partial charge < -0.3 is 5.32 Å². The molecule has 1 atom stereocenters. The maximum atomic E-state index is 11.5. The molecule has 0 saturated carbocycles. The first-order chi connectivity index (χ1) is 5.25. The second-order valence-electron chi connectivity index (χ2n) is 3.24. The van der Waals surface area contributed by atoms with Crippen LogP contribution in [0.5, 0.6) is 0 Å². The lowest BCUT2D eigenvalue weighted by Gasteiger charge is -2.25. The summed E-state index contributed by atoms with van der Waals surface area (Å²) in [6, 6.07) is 0. The van der Waals surface area contributed by atoms with Gasteiger partial charge in [-0.25, -0.2) is 0 Å². The molecule has 1 fully saturated rings. The predicted octanol–water partition coefficient (Wildman–Crippen LogP) is 1.50. The molecule has 0 aliphatic carbocycles. The molecule has 1 aliphatic heterocycles. The Hall–Kier alpha value is -0.370. The molecule has 2 heteroatoms. The van der Waals surface area contributed by atoms with Gasteiger partial charge >= 0.3 is 0 Å². The SMILES string of the molecule is CCC(=O)C1(CC)CCCN1. The van der Waals surface area contributed by atoms with E-state index in [1.54, 1.807) is 0 Å². The Labute approximate surface area is 68.4 Å². The van der Waals surface area contributed by atoms with E-state index in [9.17, 15) is 4.79 Å². The van der Waals surface area contributed by atoms with Crippen LogP contribution in [0.25, 0.3) is 0 Å². The van der Waals surface area contributed by atoms with Crippen LogP contribution < -0.4 is 5.32 Å². The van der Waals surface area contributed by atoms with Gasteiger partial charge in [0.1, 0.15) is 0 Å². The highest BCUT2D eigenvalue weighted by atomic mass is 16.1. The van der Waals surface area contributed by atoms with E-state index < -0.39 is 0 Å². The first-order valence-electron chi connectivity index (χ1n) is 4.53. The molecule has 0 aromatic carbocycles. The van der Waals surface area contributed by atoms with Crippen molar-refractivity contribution in [2.45, 2.75) is 45.1 Å². The number of hydrogen-bond donors (Lipinski definition) is 1. The summed E-state index contributed by atoms with van der Waals surface area (Å²) in [5.41, 5.74) is -0.144. The highest BCUT2D eigenvalue weighted by molar-refractivity contribution is 5.88. The molecule has 1 rings (SSSR count). The Balaban J connectivity index is 2.66. The molecular formula is C9H17NO. The Bertz CT molecular complexity index is 148. The molecule has 2 nitrogen and oxygen atoms in total. The van der Waals surface area contributed by atoms with Crippen molar-refractivity contribution < 1.29 is 4.79 Å². The van der Waals surface area contributed by atoms with Crippen LogP contribution in [0.1, 0.15) is 39.5 Å². The monoisotopic (exact) mass is 155 g/mol. The van der Waals surface area contributed by atoms with Gasteiger partial charge in [-0.2, -0.15) is 0 Å². The van der Waals surface area contributed by atoms with Gasteiger partial charge in [-0.05, 0) is 25.8 Å². The third kappa shape index (κ3) is 1.45. The summed E-state index contributed by atoms with van der Waals surface area (Å²) in [5.74, 6) is 0.387. The Morgan fingerprint density at radius 2 is 2.27 bits per heavy atom. The van der Waals surface area contributed by atoms with Crippen LogP contribution in [0.3, 0.4) is 0 Å². The summed E-state index contributed by atoms with van der Waals surface area (Å²) < 4.78 is 0. The van der Waals surface area contributed by atoms with Crippen molar-refractivity contribution in [3.05, 3.63) is 0 Å². The molecule has 11 heavy (non-hydrogen) atoms. The number of Topliss-reactive ketones (excluding diaryl/α,β-unsaturated/α-hetero) is 1. The lowest BCUT2D eigenvalue weighted by Crippen LogP contribution is -2.46. The minimum Gasteiger partial charge on any atom is -0.305 e. The van der Waals surface area contributed by atoms with Crippen molar-refractivity contribution in [2.24, 2.45) is 0 Å². The van der Waals surface area contributed by atoms with Gasteiger partial charge in [0, 0.05) is 6.42 Å². The summed E-state index contributed by atoms with van der Waals surface area (Å²) in [6.07, 6.45) is 3.80. The smallest absolute Gasteiger partial charge is 0.152 e. The van der Waals surface area contributed by atoms with E-state index in [2.05, 4.69) is 12.2 Å². The fraction of sp³-hybridized carbons (Fsp3) is 0.889. The van der Waals surface area contributed by atoms with E-state index in [0.717, 1.165) is 25.8 Å². The Morgan fingerprint density at radius 1 is 1.55 bits per heavy atom. The Kier molecular flexibility index (Phi) is 2.66. The molecule has 0 radical (unpaired) electrons. The van der Waals surface area contributed by atoms with Crippen LogP contribution in [-0.2, 0) is 4.79 Å². The van der Waals surface area contributed by atoms with Crippen molar-refractivity contribution in [3.63, 3.8) is 0 Å². The summed E-state index contributed by atoms with van der Waals surface area (Å²) in [4.78, 5) is 11.5. The number of nitrogens with one attached hydrogen (secondary N) is 1. The first kappa shape index (κ1) is 8.72. The number of rotatable bonds is 3. The largest absolute Gasteiger partial charge is 0.305 e. The summed E-state index contributed by atoms with van der Waals surface area (Å²) >= 11 is 0. The summed E-state index contributed by atoms with van der Waals surface area (Å²) in [7, 11) is 0. The lowest BCUT2D eigenvalue weighted by molar-refractivity contribution is -0.124. The van der Waals surface area contributed by atoms with Crippen LogP contribution in [-0.4, -0.2) is 17.9 Å². The van der Waals surface area contributed by atoms with Crippen molar-refractivity contribution in [1.82, 2.24) is 5.32 Å². The molecule has 0 aromatic rings. The number of carbonyl (C=O) groups excluding carboxylic acids is 1. The Morgan fingerprint density at radius 3 is 2.64 bits per heavy atom. The molecule has 0 spiro atoms. The van der Waals surface area contributed by atoms with Crippen molar-refractivity contribution in [3.8, 4) is 0 Å². The van der Waals surface area contributed by atoms with E-state index >= 15 is 0 Å². The average Bonchev–Trinajstić information content (AvgIpc) is 2.52. The highest BCUT2D eigenvalue weighted by Gasteiger charge is 2.37. The minimum atomic E-state index is -0.144. The van der Waals surface area contributed by atoms with Crippen LogP contribution in [0, 0.1) is 0 Å². The van der Waals surface area contributed by atoms with Gasteiger partial charge in [0.25, 0.3) is 0 Å². The fourth-order valence-electron chi connectivity index (χ4n) is 1.88. The topological polar surface area (TPSA) is 29.1 Å². The third-order valence-electron chi connectivity index (χ3n) is 2.70. The molecule has 1 aliphatic rings. The van der Waals surface area contributed by atoms with E-state index in [1.807, 2.05) is 6.92 Å². The molecule has 1 saturated heterocycles. The summed E-state index contributed by atoms with van der Waals surface area (Å²) in [6.45, 7) is 5.05. The van der Waals surface area contributed by atoms with Crippen LogP contribution >= 0.6 is 0 Å². The molecule has 0 amide bonds. The molecule has 1 heterocycles. The van der Waals surface area contributed by atoms with Gasteiger partial charge in [0.15, 0.2) is 5.78 Å². The van der Waals surface area contributed by atoms with Gasteiger partial charge in [-0.15, -0.1) is 0 Å². The molecule has 64 valence electrons. The maximum Gasteiger partial charge on any atom is 0.152 e.